The van der Waals surface area contributed by atoms with Gasteiger partial charge in [-0.1, -0.05) is 62.6 Å². The summed E-state index contributed by atoms with van der Waals surface area (Å²) in [4.78, 5) is 5.28. The maximum Gasteiger partial charge on any atom is 0.0892 e. The fraction of sp³-hybridized carbons (Fsp3) is 0.586. The molecule has 0 bridgehead atoms. The third-order valence-electron chi connectivity index (χ3n) is 7.61. The van der Waals surface area contributed by atoms with Crippen LogP contribution in [-0.4, -0.2) is 37.4 Å². The zero-order chi connectivity index (χ0) is 22.4. The minimum Gasteiger partial charge on any atom is -0.381 e. The smallest absolute Gasteiger partial charge is 0.0892 e. The Labute approximate surface area is 207 Å². The minimum atomic E-state index is 0. The molecule has 0 aromatic heterocycles. The van der Waals surface area contributed by atoms with Crippen molar-refractivity contribution in [1.29, 1.82) is 0 Å². The maximum atomic E-state index is 6.40. The highest BCUT2D eigenvalue weighted by molar-refractivity contribution is 5.85. The first-order chi connectivity index (χ1) is 15.6. The van der Waals surface area contributed by atoms with Gasteiger partial charge in [-0.05, 0) is 68.2 Å². The summed E-state index contributed by atoms with van der Waals surface area (Å²) in [6, 6.07) is 17.6. The van der Waals surface area contributed by atoms with E-state index in [0.29, 0.717) is 11.6 Å². The first-order valence-electron chi connectivity index (χ1n) is 12.8. The van der Waals surface area contributed by atoms with Gasteiger partial charge in [0.25, 0.3) is 0 Å². The van der Waals surface area contributed by atoms with Crippen molar-refractivity contribution in [3.8, 4) is 0 Å². The van der Waals surface area contributed by atoms with Gasteiger partial charge in [-0.3, -0.25) is 4.90 Å². The summed E-state index contributed by atoms with van der Waals surface area (Å²) in [6.07, 6.45) is 10.7. The monoisotopic (exact) mass is 470 g/mol. The van der Waals surface area contributed by atoms with Gasteiger partial charge in [-0.2, -0.15) is 0 Å². The van der Waals surface area contributed by atoms with Crippen molar-refractivity contribution in [2.24, 2.45) is 5.41 Å². The molecule has 0 spiro atoms. The summed E-state index contributed by atoms with van der Waals surface area (Å²) in [5, 5.41) is 0. The van der Waals surface area contributed by atoms with Gasteiger partial charge >= 0.3 is 0 Å². The van der Waals surface area contributed by atoms with Crippen molar-refractivity contribution in [2.45, 2.75) is 78.3 Å². The van der Waals surface area contributed by atoms with Crippen molar-refractivity contribution in [2.75, 3.05) is 31.2 Å². The standard InChI is InChI=1S/C29H42N2O.ClH/c1-24-13-12-14-25(2)28(24)31(26-15-6-4-7-16-26)27(30-20-10-11-21-30)17-22-32-23-29(3)18-8-5-9-19-29;/h4,6-7,12-16,27H,5,8-11,17-23H2,1-3H3;1H. The molecule has 2 aromatic rings. The van der Waals surface area contributed by atoms with Crippen molar-refractivity contribution in [1.82, 2.24) is 4.90 Å². The van der Waals surface area contributed by atoms with Crippen LogP contribution in [0.3, 0.4) is 0 Å². The van der Waals surface area contributed by atoms with Crippen LogP contribution in [0.2, 0.25) is 0 Å². The molecule has 1 atom stereocenters. The summed E-state index contributed by atoms with van der Waals surface area (Å²) >= 11 is 0. The van der Waals surface area contributed by atoms with Gasteiger partial charge in [-0.15, -0.1) is 12.4 Å². The molecule has 33 heavy (non-hydrogen) atoms. The lowest BCUT2D eigenvalue weighted by molar-refractivity contribution is 0.0222. The normalized spacial score (nSPS) is 19.1. The van der Waals surface area contributed by atoms with Crippen LogP contribution in [0.1, 0.15) is 69.4 Å². The molecule has 4 heteroatoms. The van der Waals surface area contributed by atoms with Crippen LogP contribution in [0, 0.1) is 19.3 Å². The van der Waals surface area contributed by atoms with Crippen LogP contribution in [0.25, 0.3) is 0 Å². The molecule has 0 radical (unpaired) electrons. The van der Waals surface area contributed by atoms with Crippen molar-refractivity contribution >= 4 is 23.8 Å². The lowest BCUT2D eigenvalue weighted by Crippen LogP contribution is -2.46. The first-order valence-corrected chi connectivity index (χ1v) is 12.8. The Hall–Kier alpha value is -1.55. The molecular formula is C29H43ClN2O. The summed E-state index contributed by atoms with van der Waals surface area (Å²) in [7, 11) is 0. The second-order valence-corrected chi connectivity index (χ2v) is 10.4. The topological polar surface area (TPSA) is 15.7 Å². The Balaban J connectivity index is 0.00000306. The highest BCUT2D eigenvalue weighted by Gasteiger charge is 2.31. The van der Waals surface area contributed by atoms with E-state index >= 15 is 0 Å². The Morgan fingerprint density at radius 1 is 0.879 bits per heavy atom. The lowest BCUT2D eigenvalue weighted by atomic mass is 9.76. The summed E-state index contributed by atoms with van der Waals surface area (Å²) in [5.74, 6) is 0. The van der Waals surface area contributed by atoms with Crippen molar-refractivity contribution < 1.29 is 4.74 Å². The number of nitrogens with zero attached hydrogens (tertiary/aromatic N) is 2. The number of para-hydroxylation sites is 2. The molecule has 1 saturated heterocycles. The number of rotatable bonds is 9. The highest BCUT2D eigenvalue weighted by Crippen LogP contribution is 2.38. The molecule has 1 aliphatic heterocycles. The Bertz CT molecular complexity index is 824. The number of hydrogen-bond donors (Lipinski definition) is 0. The molecule has 1 aliphatic carbocycles. The lowest BCUT2D eigenvalue weighted by Gasteiger charge is -2.41. The van der Waals surface area contributed by atoms with Crippen LogP contribution in [-0.2, 0) is 4.74 Å². The third kappa shape index (κ3) is 6.53. The van der Waals surface area contributed by atoms with E-state index in [1.54, 1.807) is 0 Å². The molecule has 2 fully saturated rings. The van der Waals surface area contributed by atoms with E-state index in [2.05, 4.69) is 79.1 Å². The molecule has 182 valence electrons. The number of anilines is 2. The molecule has 1 heterocycles. The van der Waals surface area contributed by atoms with Gasteiger partial charge in [0.1, 0.15) is 0 Å². The van der Waals surface area contributed by atoms with Gasteiger partial charge in [0.05, 0.1) is 12.8 Å². The predicted octanol–water partition coefficient (Wildman–Crippen LogP) is 7.66. The largest absolute Gasteiger partial charge is 0.381 e. The number of likely N-dealkylation sites (tertiary alicyclic amines) is 1. The molecule has 1 unspecified atom stereocenters. The molecule has 0 amide bonds. The third-order valence-corrected chi connectivity index (χ3v) is 7.61. The average molecular weight is 471 g/mol. The molecule has 2 aromatic carbocycles. The van der Waals surface area contributed by atoms with Gasteiger partial charge < -0.3 is 9.64 Å². The van der Waals surface area contributed by atoms with E-state index in [4.69, 9.17) is 4.74 Å². The first kappa shape index (κ1) is 26.1. The zero-order valence-electron chi connectivity index (χ0n) is 20.9. The Morgan fingerprint density at radius 2 is 1.52 bits per heavy atom. The van der Waals surface area contributed by atoms with Gasteiger partial charge in [-0.25, -0.2) is 0 Å². The fourth-order valence-electron chi connectivity index (χ4n) is 5.80. The Kier molecular flexibility index (Phi) is 9.67. The SMILES string of the molecule is Cc1cccc(C)c1N(c1ccccc1)C(CCOCC1(C)CCCCC1)N1CCCC1.Cl. The Morgan fingerprint density at radius 3 is 2.15 bits per heavy atom. The second-order valence-electron chi connectivity index (χ2n) is 10.4. The van der Waals surface area contributed by atoms with Crippen LogP contribution >= 0.6 is 12.4 Å². The fourth-order valence-corrected chi connectivity index (χ4v) is 5.80. The second kappa shape index (κ2) is 12.2. The highest BCUT2D eigenvalue weighted by atomic mass is 35.5. The number of ether oxygens (including phenoxy) is 1. The zero-order valence-corrected chi connectivity index (χ0v) is 21.7. The summed E-state index contributed by atoms with van der Waals surface area (Å²) in [6.45, 7) is 11.0. The van der Waals surface area contributed by atoms with Crippen LogP contribution in [0.4, 0.5) is 11.4 Å². The molecule has 1 saturated carbocycles. The number of halogens is 1. The van der Waals surface area contributed by atoms with Crippen molar-refractivity contribution in [3.63, 3.8) is 0 Å². The summed E-state index contributed by atoms with van der Waals surface area (Å²) < 4.78 is 6.40. The van der Waals surface area contributed by atoms with Crippen LogP contribution in [0.15, 0.2) is 48.5 Å². The summed E-state index contributed by atoms with van der Waals surface area (Å²) in [5.41, 5.74) is 5.70. The number of benzene rings is 2. The van der Waals surface area contributed by atoms with Gasteiger partial charge in [0.15, 0.2) is 0 Å². The maximum absolute atomic E-state index is 6.40. The van der Waals surface area contributed by atoms with Crippen LogP contribution < -0.4 is 4.90 Å². The van der Waals surface area contributed by atoms with Gasteiger partial charge in [0.2, 0.25) is 0 Å². The number of aryl methyl sites for hydroxylation is 2. The molecule has 4 rings (SSSR count). The molecular weight excluding hydrogens is 428 g/mol. The molecule has 2 aliphatic rings. The van der Waals surface area contributed by atoms with E-state index in [9.17, 15) is 0 Å². The van der Waals surface area contributed by atoms with Gasteiger partial charge in [0, 0.05) is 37.5 Å². The van der Waals surface area contributed by atoms with Crippen LogP contribution in [0.5, 0.6) is 0 Å². The average Bonchev–Trinajstić information content (AvgIpc) is 3.33. The predicted molar refractivity (Wildman–Crippen MR) is 143 cm³/mol. The van der Waals surface area contributed by atoms with E-state index in [-0.39, 0.29) is 12.4 Å². The van der Waals surface area contributed by atoms with E-state index in [0.717, 1.165) is 19.6 Å². The van der Waals surface area contributed by atoms with E-state index in [1.807, 2.05) is 0 Å². The molecule has 3 nitrogen and oxygen atoms in total. The minimum absolute atomic E-state index is 0. The van der Waals surface area contributed by atoms with E-state index in [1.165, 1.54) is 80.5 Å². The molecule has 0 N–H and O–H groups in total. The quantitative estimate of drug-likeness (QED) is 0.350. The van der Waals surface area contributed by atoms with Crippen molar-refractivity contribution in [3.05, 3.63) is 59.7 Å². The number of hydrogen-bond acceptors (Lipinski definition) is 3. The van der Waals surface area contributed by atoms with E-state index < -0.39 is 0 Å².